The fourth-order valence-corrected chi connectivity index (χ4v) is 2.06. The van der Waals surface area contributed by atoms with Gasteiger partial charge in [0.15, 0.2) is 0 Å². The molecule has 2 rings (SSSR count). The van der Waals surface area contributed by atoms with Gasteiger partial charge in [0.05, 0.1) is 5.56 Å². The van der Waals surface area contributed by atoms with E-state index in [1.54, 1.807) is 24.2 Å². The number of halogens is 2. The van der Waals surface area contributed by atoms with Crippen molar-refractivity contribution in [3.8, 4) is 0 Å². The Kier molecular flexibility index (Phi) is 3.50. The molecule has 1 amide bonds. The minimum absolute atomic E-state index is 0.0642. The highest BCUT2D eigenvalue weighted by Gasteiger charge is 2.26. The smallest absolute Gasteiger partial charge is 0.256 e. The number of carbonyl (C=O) groups is 1. The molecule has 3 nitrogen and oxygen atoms in total. The second-order valence-electron chi connectivity index (χ2n) is 4.12. The highest BCUT2D eigenvalue weighted by molar-refractivity contribution is 9.10. The van der Waals surface area contributed by atoms with E-state index >= 15 is 0 Å². The Balaban J connectivity index is 2.14. The number of pyridine rings is 1. The lowest BCUT2D eigenvalue weighted by Crippen LogP contribution is -2.29. The lowest BCUT2D eigenvalue weighted by atomic mass is 10.2. The third kappa shape index (κ3) is 2.74. The molecule has 16 heavy (non-hydrogen) atoms. The highest BCUT2D eigenvalue weighted by Crippen LogP contribution is 2.30. The Morgan fingerprint density at radius 2 is 2.38 bits per heavy atom. The summed E-state index contributed by atoms with van der Waals surface area (Å²) in [5.74, 6) is 0.610. The second kappa shape index (κ2) is 4.72. The zero-order chi connectivity index (χ0) is 11.7. The Morgan fingerprint density at radius 3 is 3.00 bits per heavy atom. The molecule has 5 heteroatoms. The summed E-state index contributed by atoms with van der Waals surface area (Å²) >= 11 is 9.19. The van der Waals surface area contributed by atoms with Crippen LogP contribution in [-0.2, 0) is 0 Å². The van der Waals surface area contributed by atoms with Gasteiger partial charge in [-0.25, -0.2) is 4.98 Å². The molecule has 1 heterocycles. The number of rotatable bonds is 3. The standard InChI is InChI=1S/C11H12BrClN2O/c1-15(6-7-2-3-7)11(16)9-4-8(12)5-14-10(9)13/h4-5,7H,2-3,6H2,1H3. The molecular formula is C11H12BrClN2O. The molecule has 0 atom stereocenters. The lowest BCUT2D eigenvalue weighted by Gasteiger charge is -2.17. The van der Waals surface area contributed by atoms with Gasteiger partial charge in [-0.15, -0.1) is 0 Å². The summed E-state index contributed by atoms with van der Waals surface area (Å²) in [6.07, 6.45) is 4.03. The molecule has 86 valence electrons. The van der Waals surface area contributed by atoms with E-state index in [4.69, 9.17) is 11.6 Å². The van der Waals surface area contributed by atoms with Crippen LogP contribution in [0.3, 0.4) is 0 Å². The molecule has 0 N–H and O–H groups in total. The minimum Gasteiger partial charge on any atom is -0.341 e. The van der Waals surface area contributed by atoms with Gasteiger partial charge in [-0.1, -0.05) is 11.6 Å². The number of carbonyl (C=O) groups excluding carboxylic acids is 1. The topological polar surface area (TPSA) is 33.2 Å². The number of aromatic nitrogens is 1. The van der Waals surface area contributed by atoms with Gasteiger partial charge in [0.25, 0.3) is 5.91 Å². The molecule has 0 spiro atoms. The van der Waals surface area contributed by atoms with Gasteiger partial charge in [0, 0.05) is 24.3 Å². The molecule has 0 saturated heterocycles. The maximum atomic E-state index is 12.1. The maximum Gasteiger partial charge on any atom is 0.256 e. The Labute approximate surface area is 108 Å². The molecule has 0 unspecified atom stereocenters. The molecular weight excluding hydrogens is 291 g/mol. The largest absolute Gasteiger partial charge is 0.341 e. The zero-order valence-electron chi connectivity index (χ0n) is 8.91. The van der Waals surface area contributed by atoms with Crippen LogP contribution < -0.4 is 0 Å². The molecule has 1 aliphatic rings. The fraction of sp³-hybridized carbons (Fsp3) is 0.455. The van der Waals surface area contributed by atoms with Gasteiger partial charge in [0.1, 0.15) is 5.15 Å². The summed E-state index contributed by atoms with van der Waals surface area (Å²) in [7, 11) is 1.80. The van der Waals surface area contributed by atoms with Crippen molar-refractivity contribution in [2.45, 2.75) is 12.8 Å². The molecule has 1 aromatic rings. The van der Waals surface area contributed by atoms with Gasteiger partial charge >= 0.3 is 0 Å². The first kappa shape index (κ1) is 11.9. The van der Waals surface area contributed by atoms with E-state index in [0.717, 1.165) is 11.0 Å². The van der Waals surface area contributed by atoms with Gasteiger partial charge in [0.2, 0.25) is 0 Å². The van der Waals surface area contributed by atoms with Gasteiger partial charge in [-0.05, 0) is 40.8 Å². The summed E-state index contributed by atoms with van der Waals surface area (Å²) in [5, 5.41) is 0.260. The first-order valence-corrected chi connectivity index (χ1v) is 6.31. The van der Waals surface area contributed by atoms with E-state index < -0.39 is 0 Å². The van der Waals surface area contributed by atoms with Gasteiger partial charge in [-0.3, -0.25) is 4.79 Å². The highest BCUT2D eigenvalue weighted by atomic mass is 79.9. The van der Waals surface area contributed by atoms with E-state index in [2.05, 4.69) is 20.9 Å². The first-order valence-electron chi connectivity index (χ1n) is 5.14. The van der Waals surface area contributed by atoms with Crippen molar-refractivity contribution in [3.05, 3.63) is 27.5 Å². The number of nitrogens with zero attached hydrogens (tertiary/aromatic N) is 2. The molecule has 0 aliphatic heterocycles. The van der Waals surface area contributed by atoms with Crippen LogP contribution in [0.15, 0.2) is 16.7 Å². The average Bonchev–Trinajstić information content (AvgIpc) is 3.04. The van der Waals surface area contributed by atoms with E-state index in [0.29, 0.717) is 11.5 Å². The van der Waals surface area contributed by atoms with E-state index in [9.17, 15) is 4.79 Å². The lowest BCUT2D eigenvalue weighted by molar-refractivity contribution is 0.0788. The van der Waals surface area contributed by atoms with Crippen LogP contribution in [0, 0.1) is 5.92 Å². The van der Waals surface area contributed by atoms with E-state index in [1.165, 1.54) is 12.8 Å². The molecule has 0 bridgehead atoms. The Bertz CT molecular complexity index is 420. The van der Waals surface area contributed by atoms with Crippen molar-refractivity contribution in [2.75, 3.05) is 13.6 Å². The van der Waals surface area contributed by atoms with Crippen molar-refractivity contribution in [1.82, 2.24) is 9.88 Å². The van der Waals surface area contributed by atoms with E-state index in [1.807, 2.05) is 0 Å². The zero-order valence-corrected chi connectivity index (χ0v) is 11.3. The molecule has 1 aliphatic carbocycles. The fourth-order valence-electron chi connectivity index (χ4n) is 1.55. The van der Waals surface area contributed by atoms with Crippen molar-refractivity contribution < 1.29 is 4.79 Å². The third-order valence-electron chi connectivity index (χ3n) is 2.61. The van der Waals surface area contributed by atoms with Crippen LogP contribution in [0.4, 0.5) is 0 Å². The summed E-state index contributed by atoms with van der Waals surface area (Å²) < 4.78 is 0.764. The Hall–Kier alpha value is -0.610. The number of hydrogen-bond donors (Lipinski definition) is 0. The predicted molar refractivity (Wildman–Crippen MR) is 66.6 cm³/mol. The van der Waals surface area contributed by atoms with Gasteiger partial charge in [-0.2, -0.15) is 0 Å². The molecule has 0 aromatic carbocycles. The van der Waals surface area contributed by atoms with Crippen molar-refractivity contribution in [2.24, 2.45) is 5.92 Å². The van der Waals surface area contributed by atoms with Crippen LogP contribution in [0.1, 0.15) is 23.2 Å². The Morgan fingerprint density at radius 1 is 1.69 bits per heavy atom. The number of amides is 1. The summed E-state index contributed by atoms with van der Waals surface area (Å²) in [5.41, 5.74) is 0.458. The van der Waals surface area contributed by atoms with Crippen LogP contribution in [-0.4, -0.2) is 29.4 Å². The second-order valence-corrected chi connectivity index (χ2v) is 5.39. The quantitative estimate of drug-likeness (QED) is 0.804. The monoisotopic (exact) mass is 302 g/mol. The molecule has 1 aromatic heterocycles. The SMILES string of the molecule is CN(CC1CC1)C(=O)c1cc(Br)cnc1Cl. The van der Waals surface area contributed by atoms with Gasteiger partial charge < -0.3 is 4.90 Å². The van der Waals surface area contributed by atoms with Crippen molar-refractivity contribution >= 4 is 33.4 Å². The minimum atomic E-state index is -0.0642. The molecule has 1 saturated carbocycles. The summed E-state index contributed by atoms with van der Waals surface area (Å²) in [4.78, 5) is 17.7. The van der Waals surface area contributed by atoms with Crippen LogP contribution >= 0.6 is 27.5 Å². The van der Waals surface area contributed by atoms with E-state index in [-0.39, 0.29) is 11.1 Å². The van der Waals surface area contributed by atoms with Crippen LogP contribution in [0.2, 0.25) is 5.15 Å². The summed E-state index contributed by atoms with van der Waals surface area (Å²) in [6, 6.07) is 1.71. The van der Waals surface area contributed by atoms with Crippen molar-refractivity contribution in [3.63, 3.8) is 0 Å². The third-order valence-corrected chi connectivity index (χ3v) is 3.35. The molecule has 0 radical (unpaired) electrons. The van der Waals surface area contributed by atoms with Crippen LogP contribution in [0.25, 0.3) is 0 Å². The number of hydrogen-bond acceptors (Lipinski definition) is 2. The summed E-state index contributed by atoms with van der Waals surface area (Å²) in [6.45, 7) is 0.807. The first-order chi connectivity index (χ1) is 7.58. The molecule has 1 fully saturated rings. The average molecular weight is 304 g/mol. The van der Waals surface area contributed by atoms with Crippen molar-refractivity contribution in [1.29, 1.82) is 0 Å². The normalized spacial score (nSPS) is 14.9. The van der Waals surface area contributed by atoms with Crippen LogP contribution in [0.5, 0.6) is 0 Å². The maximum absolute atomic E-state index is 12.1. The predicted octanol–water partition coefficient (Wildman–Crippen LogP) is 2.98.